The summed E-state index contributed by atoms with van der Waals surface area (Å²) in [5, 5.41) is 0. The highest BCUT2D eigenvalue weighted by Crippen LogP contribution is 2.31. The molecular weight excluding hydrogens is 271 g/mol. The van der Waals surface area contributed by atoms with E-state index in [9.17, 15) is 4.39 Å². The third kappa shape index (κ3) is 2.97. The van der Waals surface area contributed by atoms with Crippen LogP contribution in [0.4, 0.5) is 4.39 Å². The van der Waals surface area contributed by atoms with Gasteiger partial charge in [-0.25, -0.2) is 4.39 Å². The Hall–Kier alpha value is -0.570. The van der Waals surface area contributed by atoms with Crippen LogP contribution in [0.5, 0.6) is 5.75 Å². The number of hydrogen-bond acceptors (Lipinski definition) is 1. The molecule has 3 heteroatoms. The molecule has 1 aromatic carbocycles. The van der Waals surface area contributed by atoms with E-state index in [0.717, 1.165) is 23.2 Å². The van der Waals surface area contributed by atoms with Gasteiger partial charge in [0, 0.05) is 6.07 Å². The van der Waals surface area contributed by atoms with E-state index < -0.39 is 0 Å². The molecule has 0 unspecified atom stereocenters. The minimum Gasteiger partial charge on any atom is -0.489 e. The van der Waals surface area contributed by atoms with Crippen molar-refractivity contribution in [2.24, 2.45) is 5.92 Å². The average Bonchev–Trinajstić information content (AvgIpc) is 2.27. The first-order valence-corrected chi connectivity index (χ1v) is 6.56. The summed E-state index contributed by atoms with van der Waals surface area (Å²) in [7, 11) is 0. The van der Waals surface area contributed by atoms with Gasteiger partial charge in [0.05, 0.1) is 10.6 Å². The van der Waals surface area contributed by atoms with Gasteiger partial charge < -0.3 is 4.74 Å². The maximum absolute atomic E-state index is 13.1. The van der Waals surface area contributed by atoms with Crippen molar-refractivity contribution in [3.8, 4) is 5.75 Å². The summed E-state index contributed by atoms with van der Waals surface area (Å²) in [4.78, 5) is 0. The second kappa shape index (κ2) is 5.17. The summed E-state index contributed by atoms with van der Waals surface area (Å²) in [5.74, 6) is 1.18. The summed E-state index contributed by atoms with van der Waals surface area (Å²) in [6.45, 7) is 2.27. The van der Waals surface area contributed by atoms with Gasteiger partial charge in [0.2, 0.25) is 0 Å². The van der Waals surface area contributed by atoms with Crippen molar-refractivity contribution < 1.29 is 9.13 Å². The summed E-state index contributed by atoms with van der Waals surface area (Å²) in [6.07, 6.45) is 4.80. The first-order valence-electron chi connectivity index (χ1n) is 5.77. The molecule has 1 saturated carbocycles. The van der Waals surface area contributed by atoms with Crippen molar-refractivity contribution in [3.05, 3.63) is 28.5 Å². The van der Waals surface area contributed by atoms with Crippen LogP contribution in [0.2, 0.25) is 0 Å². The highest BCUT2D eigenvalue weighted by molar-refractivity contribution is 9.10. The smallest absolute Gasteiger partial charge is 0.136 e. The maximum atomic E-state index is 13.1. The van der Waals surface area contributed by atoms with Gasteiger partial charge in [-0.1, -0.05) is 6.92 Å². The van der Waals surface area contributed by atoms with Gasteiger partial charge in [-0.05, 0) is 59.7 Å². The Labute approximate surface area is 104 Å². The molecule has 1 nitrogen and oxygen atoms in total. The van der Waals surface area contributed by atoms with Gasteiger partial charge in [0.25, 0.3) is 0 Å². The lowest BCUT2D eigenvalue weighted by Gasteiger charge is -2.27. The molecule has 0 spiro atoms. The fraction of sp³-hybridized carbons (Fsp3) is 0.538. The molecule has 0 aliphatic heterocycles. The van der Waals surface area contributed by atoms with Gasteiger partial charge in [-0.2, -0.15) is 0 Å². The summed E-state index contributed by atoms with van der Waals surface area (Å²) in [5.41, 5.74) is 0. The van der Waals surface area contributed by atoms with Crippen LogP contribution in [0.3, 0.4) is 0 Å². The molecule has 0 radical (unpaired) electrons. The van der Waals surface area contributed by atoms with Crippen LogP contribution < -0.4 is 4.74 Å². The topological polar surface area (TPSA) is 9.23 Å². The van der Waals surface area contributed by atoms with Gasteiger partial charge >= 0.3 is 0 Å². The van der Waals surface area contributed by atoms with Crippen molar-refractivity contribution in [2.45, 2.75) is 38.7 Å². The van der Waals surface area contributed by atoms with Crippen molar-refractivity contribution in [2.75, 3.05) is 0 Å². The Morgan fingerprint density at radius 2 is 1.94 bits per heavy atom. The molecule has 0 saturated heterocycles. The van der Waals surface area contributed by atoms with Gasteiger partial charge in [0.1, 0.15) is 11.6 Å². The monoisotopic (exact) mass is 286 g/mol. The first kappa shape index (κ1) is 11.9. The van der Waals surface area contributed by atoms with Crippen LogP contribution in [-0.4, -0.2) is 6.10 Å². The quantitative estimate of drug-likeness (QED) is 0.775. The molecule has 0 amide bonds. The fourth-order valence-corrected chi connectivity index (χ4v) is 2.43. The Kier molecular flexibility index (Phi) is 3.85. The molecule has 2 rings (SSSR count). The maximum Gasteiger partial charge on any atom is 0.136 e. The molecule has 1 aliphatic rings. The SMILES string of the molecule is CC1CCC(Oc2cc(F)ccc2Br)CC1. The number of hydrogen-bond donors (Lipinski definition) is 0. The van der Waals surface area contributed by atoms with E-state index >= 15 is 0 Å². The Morgan fingerprint density at radius 1 is 1.25 bits per heavy atom. The Bertz CT molecular complexity index is 359. The third-order valence-corrected chi connectivity index (χ3v) is 3.80. The van der Waals surface area contributed by atoms with E-state index in [1.807, 2.05) is 0 Å². The highest BCUT2D eigenvalue weighted by Gasteiger charge is 2.20. The summed E-state index contributed by atoms with van der Waals surface area (Å²) >= 11 is 3.38. The van der Waals surface area contributed by atoms with E-state index in [0.29, 0.717) is 5.75 Å². The predicted octanol–water partition coefficient (Wildman–Crippen LogP) is 4.55. The Morgan fingerprint density at radius 3 is 2.62 bits per heavy atom. The van der Waals surface area contributed by atoms with E-state index in [1.54, 1.807) is 6.07 Å². The molecule has 0 heterocycles. The largest absolute Gasteiger partial charge is 0.489 e. The zero-order valence-electron chi connectivity index (χ0n) is 9.38. The predicted molar refractivity (Wildman–Crippen MR) is 66.1 cm³/mol. The molecule has 0 bridgehead atoms. The summed E-state index contributed by atoms with van der Waals surface area (Å²) < 4.78 is 19.7. The molecule has 1 aromatic rings. The van der Waals surface area contributed by atoms with Crippen molar-refractivity contribution in [1.29, 1.82) is 0 Å². The molecule has 1 aliphatic carbocycles. The van der Waals surface area contributed by atoms with Gasteiger partial charge in [-0.3, -0.25) is 0 Å². The Balaban J connectivity index is 2.00. The zero-order chi connectivity index (χ0) is 11.5. The third-order valence-electron chi connectivity index (χ3n) is 3.15. The standard InChI is InChI=1S/C13H16BrFO/c1-9-2-5-11(6-3-9)16-13-8-10(15)4-7-12(13)14/h4,7-9,11H,2-3,5-6H2,1H3. The van der Waals surface area contributed by atoms with Crippen molar-refractivity contribution in [3.63, 3.8) is 0 Å². The second-order valence-corrected chi connectivity index (χ2v) is 5.43. The van der Waals surface area contributed by atoms with Gasteiger partial charge in [0.15, 0.2) is 0 Å². The lowest BCUT2D eigenvalue weighted by atomic mass is 9.89. The highest BCUT2D eigenvalue weighted by atomic mass is 79.9. The first-order chi connectivity index (χ1) is 7.65. The van der Waals surface area contributed by atoms with E-state index in [1.165, 1.54) is 25.0 Å². The van der Waals surface area contributed by atoms with E-state index in [4.69, 9.17) is 4.74 Å². The van der Waals surface area contributed by atoms with Crippen LogP contribution in [0.25, 0.3) is 0 Å². The summed E-state index contributed by atoms with van der Waals surface area (Å²) in [6, 6.07) is 4.57. The number of rotatable bonds is 2. The van der Waals surface area contributed by atoms with Gasteiger partial charge in [-0.15, -0.1) is 0 Å². The molecule has 16 heavy (non-hydrogen) atoms. The second-order valence-electron chi connectivity index (χ2n) is 4.57. The van der Waals surface area contributed by atoms with Crippen LogP contribution in [0, 0.1) is 11.7 Å². The van der Waals surface area contributed by atoms with Crippen molar-refractivity contribution >= 4 is 15.9 Å². The molecule has 0 aromatic heterocycles. The van der Waals surface area contributed by atoms with E-state index in [2.05, 4.69) is 22.9 Å². The lowest BCUT2D eigenvalue weighted by Crippen LogP contribution is -2.23. The number of ether oxygens (including phenoxy) is 1. The van der Waals surface area contributed by atoms with Crippen LogP contribution in [0.1, 0.15) is 32.6 Å². The number of benzene rings is 1. The molecular formula is C13H16BrFO. The average molecular weight is 287 g/mol. The minimum atomic E-state index is -0.248. The lowest BCUT2D eigenvalue weighted by molar-refractivity contribution is 0.134. The minimum absolute atomic E-state index is 0.245. The molecule has 88 valence electrons. The number of halogens is 2. The van der Waals surface area contributed by atoms with Crippen LogP contribution in [0.15, 0.2) is 22.7 Å². The van der Waals surface area contributed by atoms with Crippen LogP contribution in [-0.2, 0) is 0 Å². The zero-order valence-corrected chi connectivity index (χ0v) is 11.0. The molecule has 1 fully saturated rings. The fourth-order valence-electron chi connectivity index (χ4n) is 2.09. The molecule has 0 N–H and O–H groups in total. The normalized spacial score (nSPS) is 25.4. The van der Waals surface area contributed by atoms with Crippen molar-refractivity contribution in [1.82, 2.24) is 0 Å². The van der Waals surface area contributed by atoms with Crippen LogP contribution >= 0.6 is 15.9 Å². The molecule has 0 atom stereocenters. The van der Waals surface area contributed by atoms with E-state index in [-0.39, 0.29) is 11.9 Å².